The molecule has 1 saturated carbocycles. The van der Waals surface area contributed by atoms with Crippen LogP contribution in [0.1, 0.15) is 46.0 Å². The van der Waals surface area contributed by atoms with E-state index in [0.29, 0.717) is 37.9 Å². The fourth-order valence-electron chi connectivity index (χ4n) is 2.81. The monoisotopic (exact) mass is 287 g/mol. The van der Waals surface area contributed by atoms with E-state index in [1.807, 2.05) is 0 Å². The van der Waals surface area contributed by atoms with Crippen LogP contribution in [-0.2, 0) is 14.2 Å². The van der Waals surface area contributed by atoms with Gasteiger partial charge in [-0.1, -0.05) is 26.7 Å². The lowest BCUT2D eigenvalue weighted by Crippen LogP contribution is -2.36. The van der Waals surface area contributed by atoms with Gasteiger partial charge in [0.15, 0.2) is 0 Å². The van der Waals surface area contributed by atoms with Gasteiger partial charge in [0.25, 0.3) is 0 Å². The van der Waals surface area contributed by atoms with E-state index >= 15 is 0 Å². The molecule has 0 radical (unpaired) electrons. The van der Waals surface area contributed by atoms with Gasteiger partial charge in [-0.05, 0) is 24.7 Å². The van der Waals surface area contributed by atoms with E-state index in [-0.39, 0.29) is 0 Å². The van der Waals surface area contributed by atoms with Crippen molar-refractivity contribution in [3.8, 4) is 0 Å². The number of nitrogens with one attached hydrogen (secondary N) is 1. The van der Waals surface area contributed by atoms with E-state index in [9.17, 15) is 0 Å². The molecule has 0 atom stereocenters. The molecular weight excluding hydrogens is 254 g/mol. The van der Waals surface area contributed by atoms with Crippen molar-refractivity contribution in [1.29, 1.82) is 0 Å². The quantitative estimate of drug-likeness (QED) is 0.560. The molecule has 0 aromatic rings. The van der Waals surface area contributed by atoms with Gasteiger partial charge in [-0.25, -0.2) is 0 Å². The van der Waals surface area contributed by atoms with Crippen molar-refractivity contribution in [2.24, 2.45) is 5.41 Å². The molecule has 1 rings (SSSR count). The summed E-state index contributed by atoms with van der Waals surface area (Å²) in [7, 11) is 1.69. The lowest BCUT2D eigenvalue weighted by atomic mass is 9.82. The summed E-state index contributed by atoms with van der Waals surface area (Å²) < 4.78 is 16.0. The fourth-order valence-corrected chi connectivity index (χ4v) is 2.81. The van der Waals surface area contributed by atoms with Gasteiger partial charge in [0.2, 0.25) is 0 Å². The maximum Gasteiger partial charge on any atom is 0.0701 e. The molecule has 0 amide bonds. The third kappa shape index (κ3) is 7.58. The molecule has 0 heterocycles. The largest absolute Gasteiger partial charge is 0.382 e. The van der Waals surface area contributed by atoms with Crippen molar-refractivity contribution in [2.75, 3.05) is 46.7 Å². The van der Waals surface area contributed by atoms with Crippen LogP contribution < -0.4 is 5.32 Å². The minimum Gasteiger partial charge on any atom is -0.382 e. The highest BCUT2D eigenvalue weighted by atomic mass is 16.5. The first kappa shape index (κ1) is 17.9. The van der Waals surface area contributed by atoms with Gasteiger partial charge in [-0.15, -0.1) is 0 Å². The summed E-state index contributed by atoms with van der Waals surface area (Å²) in [5.41, 5.74) is 0.473. The van der Waals surface area contributed by atoms with Crippen molar-refractivity contribution in [3.05, 3.63) is 0 Å². The minimum atomic E-state index is 0.473. The summed E-state index contributed by atoms with van der Waals surface area (Å²) in [6.45, 7) is 9.10. The number of hydrogen-bond acceptors (Lipinski definition) is 4. The molecule has 0 saturated heterocycles. The van der Waals surface area contributed by atoms with Crippen LogP contribution in [0.15, 0.2) is 0 Å². The van der Waals surface area contributed by atoms with Gasteiger partial charge in [-0.3, -0.25) is 0 Å². The van der Waals surface area contributed by atoms with Crippen LogP contribution in [0.3, 0.4) is 0 Å². The molecule has 1 N–H and O–H groups in total. The van der Waals surface area contributed by atoms with Crippen LogP contribution in [0.5, 0.6) is 0 Å². The SMILES string of the molecule is COCCOCCOCCC1(CNC(C)C)CCCC1. The predicted molar refractivity (Wildman–Crippen MR) is 82.2 cm³/mol. The smallest absolute Gasteiger partial charge is 0.0701 e. The molecule has 20 heavy (non-hydrogen) atoms. The van der Waals surface area contributed by atoms with Gasteiger partial charge in [0.1, 0.15) is 0 Å². The average molecular weight is 287 g/mol. The van der Waals surface area contributed by atoms with Crippen molar-refractivity contribution >= 4 is 0 Å². The Bertz CT molecular complexity index is 228. The normalized spacial score (nSPS) is 18.0. The first-order chi connectivity index (χ1) is 9.68. The molecule has 1 aliphatic carbocycles. The summed E-state index contributed by atoms with van der Waals surface area (Å²) >= 11 is 0. The summed E-state index contributed by atoms with van der Waals surface area (Å²) in [6.07, 6.45) is 6.62. The molecule has 1 aliphatic rings. The van der Waals surface area contributed by atoms with Gasteiger partial charge in [-0.2, -0.15) is 0 Å². The molecule has 4 heteroatoms. The molecule has 1 fully saturated rings. The Morgan fingerprint density at radius 2 is 1.55 bits per heavy atom. The molecule has 4 nitrogen and oxygen atoms in total. The lowest BCUT2D eigenvalue weighted by Gasteiger charge is -2.30. The van der Waals surface area contributed by atoms with Gasteiger partial charge >= 0.3 is 0 Å². The summed E-state index contributed by atoms with van der Waals surface area (Å²) in [5, 5.41) is 3.61. The second kappa shape index (κ2) is 10.6. The number of rotatable bonds is 12. The zero-order chi connectivity index (χ0) is 14.7. The maximum absolute atomic E-state index is 5.71. The molecular formula is C16H33NO3. The number of ether oxygens (including phenoxy) is 3. The zero-order valence-corrected chi connectivity index (χ0v) is 13.6. The van der Waals surface area contributed by atoms with Crippen molar-refractivity contribution in [3.63, 3.8) is 0 Å². The van der Waals surface area contributed by atoms with Gasteiger partial charge in [0, 0.05) is 26.3 Å². The second-order valence-electron chi connectivity index (χ2n) is 6.21. The summed E-state index contributed by atoms with van der Waals surface area (Å²) in [4.78, 5) is 0. The average Bonchev–Trinajstić information content (AvgIpc) is 2.89. The molecule has 0 aliphatic heterocycles. The van der Waals surface area contributed by atoms with Gasteiger partial charge < -0.3 is 19.5 Å². The van der Waals surface area contributed by atoms with E-state index in [1.54, 1.807) is 7.11 Å². The minimum absolute atomic E-state index is 0.473. The Morgan fingerprint density at radius 3 is 2.15 bits per heavy atom. The van der Waals surface area contributed by atoms with Gasteiger partial charge in [0.05, 0.1) is 26.4 Å². The van der Waals surface area contributed by atoms with Crippen molar-refractivity contribution in [2.45, 2.75) is 52.0 Å². The van der Waals surface area contributed by atoms with Crippen LogP contribution in [0.2, 0.25) is 0 Å². The highest BCUT2D eigenvalue weighted by molar-refractivity contribution is 4.87. The lowest BCUT2D eigenvalue weighted by molar-refractivity contribution is 0.0165. The van der Waals surface area contributed by atoms with Crippen molar-refractivity contribution in [1.82, 2.24) is 5.32 Å². The standard InChI is InChI=1S/C16H33NO3/c1-15(2)17-14-16(6-4-5-7-16)8-9-19-12-13-20-11-10-18-3/h15,17H,4-14H2,1-3H3. The Labute approximate surface area is 124 Å². The maximum atomic E-state index is 5.71. The molecule has 0 bridgehead atoms. The van der Waals surface area contributed by atoms with E-state index in [4.69, 9.17) is 14.2 Å². The first-order valence-electron chi connectivity index (χ1n) is 8.06. The molecule has 120 valence electrons. The Balaban J connectivity index is 2.07. The Hall–Kier alpha value is -0.160. The van der Waals surface area contributed by atoms with Crippen LogP contribution >= 0.6 is 0 Å². The van der Waals surface area contributed by atoms with E-state index in [0.717, 1.165) is 13.2 Å². The highest BCUT2D eigenvalue weighted by Gasteiger charge is 2.33. The second-order valence-corrected chi connectivity index (χ2v) is 6.21. The molecule has 0 spiro atoms. The van der Waals surface area contributed by atoms with Crippen molar-refractivity contribution < 1.29 is 14.2 Å². The fraction of sp³-hybridized carbons (Fsp3) is 1.00. The predicted octanol–water partition coefficient (Wildman–Crippen LogP) is 2.61. The van der Waals surface area contributed by atoms with E-state index < -0.39 is 0 Å². The van der Waals surface area contributed by atoms with E-state index in [2.05, 4.69) is 19.2 Å². The summed E-state index contributed by atoms with van der Waals surface area (Å²) in [6, 6.07) is 0.572. The van der Waals surface area contributed by atoms with Crippen LogP contribution in [0.4, 0.5) is 0 Å². The molecule has 0 aromatic heterocycles. The molecule has 0 aromatic carbocycles. The number of hydrogen-bond donors (Lipinski definition) is 1. The first-order valence-corrected chi connectivity index (χ1v) is 8.06. The van der Waals surface area contributed by atoms with Crippen LogP contribution in [-0.4, -0.2) is 52.7 Å². The summed E-state index contributed by atoms with van der Waals surface area (Å²) in [5.74, 6) is 0. The molecule has 0 unspecified atom stereocenters. The van der Waals surface area contributed by atoms with Crippen LogP contribution in [0, 0.1) is 5.41 Å². The Morgan fingerprint density at radius 1 is 0.950 bits per heavy atom. The third-order valence-corrected chi connectivity index (χ3v) is 4.13. The Kier molecular flexibility index (Phi) is 9.44. The topological polar surface area (TPSA) is 39.7 Å². The number of methoxy groups -OCH3 is 1. The van der Waals surface area contributed by atoms with Crippen LogP contribution in [0.25, 0.3) is 0 Å². The third-order valence-electron chi connectivity index (χ3n) is 4.13. The van der Waals surface area contributed by atoms with E-state index in [1.165, 1.54) is 32.1 Å². The zero-order valence-electron chi connectivity index (χ0n) is 13.6. The highest BCUT2D eigenvalue weighted by Crippen LogP contribution is 2.40.